The van der Waals surface area contributed by atoms with E-state index >= 15 is 0 Å². The zero-order valence-corrected chi connectivity index (χ0v) is 14.3. The first-order chi connectivity index (χ1) is 10.9. The number of benzene rings is 1. The third-order valence-corrected chi connectivity index (χ3v) is 4.11. The maximum Gasteiger partial charge on any atom is 0.228 e. The molecular formula is C16H21ClN4O2. The second-order valence-electron chi connectivity index (χ2n) is 5.40. The van der Waals surface area contributed by atoms with Gasteiger partial charge in [-0.2, -0.15) is 5.10 Å². The van der Waals surface area contributed by atoms with Gasteiger partial charge in [-0.1, -0.05) is 11.6 Å². The molecular weight excluding hydrogens is 316 g/mol. The average molecular weight is 337 g/mol. The summed E-state index contributed by atoms with van der Waals surface area (Å²) in [5.41, 5.74) is 3.19. The van der Waals surface area contributed by atoms with Gasteiger partial charge in [0.2, 0.25) is 5.91 Å². The highest BCUT2D eigenvalue weighted by Crippen LogP contribution is 2.20. The van der Waals surface area contributed by atoms with E-state index in [-0.39, 0.29) is 18.9 Å². The average Bonchev–Trinajstić information content (AvgIpc) is 2.74. The fraction of sp³-hybridized carbons (Fsp3) is 0.375. The summed E-state index contributed by atoms with van der Waals surface area (Å²) in [5, 5.41) is 16.5. The first kappa shape index (κ1) is 17.3. The van der Waals surface area contributed by atoms with Gasteiger partial charge in [-0.05, 0) is 31.2 Å². The van der Waals surface area contributed by atoms with Crippen molar-refractivity contribution >= 4 is 28.9 Å². The van der Waals surface area contributed by atoms with Gasteiger partial charge in [0.05, 0.1) is 18.7 Å². The van der Waals surface area contributed by atoms with Crippen LogP contribution in [0, 0.1) is 6.92 Å². The van der Waals surface area contributed by atoms with Gasteiger partial charge < -0.3 is 15.3 Å². The molecule has 0 aliphatic heterocycles. The summed E-state index contributed by atoms with van der Waals surface area (Å²) in [6.45, 7) is 2.49. The van der Waals surface area contributed by atoms with E-state index in [2.05, 4.69) is 10.4 Å². The maximum atomic E-state index is 12.2. The number of aryl methyl sites for hydroxylation is 2. The Balaban J connectivity index is 2.00. The van der Waals surface area contributed by atoms with Crippen LogP contribution in [0.25, 0.3) is 0 Å². The molecule has 0 aliphatic carbocycles. The van der Waals surface area contributed by atoms with E-state index in [0.717, 1.165) is 16.9 Å². The molecule has 0 fully saturated rings. The minimum atomic E-state index is -0.139. The van der Waals surface area contributed by atoms with Gasteiger partial charge in [0.25, 0.3) is 0 Å². The van der Waals surface area contributed by atoms with Gasteiger partial charge in [0.1, 0.15) is 5.15 Å². The summed E-state index contributed by atoms with van der Waals surface area (Å²) in [6, 6.07) is 7.46. The quantitative estimate of drug-likeness (QED) is 0.846. The van der Waals surface area contributed by atoms with Crippen molar-refractivity contribution in [1.82, 2.24) is 9.78 Å². The molecule has 1 heterocycles. The molecule has 0 saturated carbocycles. The predicted octanol–water partition coefficient (Wildman–Crippen LogP) is 1.99. The summed E-state index contributed by atoms with van der Waals surface area (Å²) in [7, 11) is 3.65. The van der Waals surface area contributed by atoms with Crippen molar-refractivity contribution in [2.45, 2.75) is 13.3 Å². The van der Waals surface area contributed by atoms with Crippen LogP contribution in [0.15, 0.2) is 24.3 Å². The highest BCUT2D eigenvalue weighted by Gasteiger charge is 2.15. The highest BCUT2D eigenvalue weighted by molar-refractivity contribution is 6.30. The number of aliphatic hydroxyl groups is 1. The monoisotopic (exact) mass is 336 g/mol. The fourth-order valence-electron chi connectivity index (χ4n) is 2.32. The number of carbonyl (C=O) groups is 1. The molecule has 7 heteroatoms. The molecule has 1 aromatic carbocycles. The zero-order chi connectivity index (χ0) is 17.0. The molecule has 0 spiro atoms. The molecule has 124 valence electrons. The smallest absolute Gasteiger partial charge is 0.228 e. The van der Waals surface area contributed by atoms with Crippen LogP contribution in [-0.4, -0.2) is 41.0 Å². The second-order valence-corrected chi connectivity index (χ2v) is 5.75. The first-order valence-electron chi connectivity index (χ1n) is 7.32. The molecule has 0 atom stereocenters. The topological polar surface area (TPSA) is 70.4 Å². The Morgan fingerprint density at radius 2 is 2.04 bits per heavy atom. The molecule has 0 radical (unpaired) electrons. The van der Waals surface area contributed by atoms with Crippen LogP contribution >= 0.6 is 11.6 Å². The largest absolute Gasteiger partial charge is 0.395 e. The van der Waals surface area contributed by atoms with E-state index in [1.54, 1.807) is 11.7 Å². The lowest BCUT2D eigenvalue weighted by Crippen LogP contribution is -2.21. The Hall–Kier alpha value is -2.05. The number of rotatable bonds is 6. The summed E-state index contributed by atoms with van der Waals surface area (Å²) in [6.07, 6.45) is 0.185. The van der Waals surface area contributed by atoms with E-state index in [0.29, 0.717) is 17.4 Å². The van der Waals surface area contributed by atoms with Crippen LogP contribution in [0.4, 0.5) is 11.4 Å². The van der Waals surface area contributed by atoms with Crippen molar-refractivity contribution in [2.75, 3.05) is 30.4 Å². The lowest BCUT2D eigenvalue weighted by molar-refractivity contribution is -0.115. The standard InChI is InChI=1S/C16H21ClN4O2/c1-11-14(16(17)21(3)19-11)10-15(23)18-12-4-6-13(7-5-12)20(2)8-9-22/h4-7,22H,8-10H2,1-3H3,(H,18,23). The third-order valence-electron chi connectivity index (χ3n) is 3.63. The van der Waals surface area contributed by atoms with Gasteiger partial charge in [-0.15, -0.1) is 0 Å². The Morgan fingerprint density at radius 1 is 1.39 bits per heavy atom. The third kappa shape index (κ3) is 4.24. The zero-order valence-electron chi connectivity index (χ0n) is 13.5. The van der Waals surface area contributed by atoms with Crippen molar-refractivity contribution in [3.05, 3.63) is 40.7 Å². The number of amides is 1. The molecule has 1 amide bonds. The highest BCUT2D eigenvalue weighted by atomic mass is 35.5. The molecule has 23 heavy (non-hydrogen) atoms. The van der Waals surface area contributed by atoms with Crippen LogP contribution in [0.5, 0.6) is 0 Å². The fourth-order valence-corrected chi connectivity index (χ4v) is 2.56. The second kappa shape index (κ2) is 7.48. The van der Waals surface area contributed by atoms with E-state index in [4.69, 9.17) is 16.7 Å². The summed E-state index contributed by atoms with van der Waals surface area (Å²) in [5.74, 6) is -0.139. The summed E-state index contributed by atoms with van der Waals surface area (Å²) in [4.78, 5) is 14.1. The maximum absolute atomic E-state index is 12.2. The SMILES string of the molecule is Cc1nn(C)c(Cl)c1CC(=O)Nc1ccc(N(C)CCO)cc1. The van der Waals surface area contributed by atoms with Crippen molar-refractivity contribution in [3.63, 3.8) is 0 Å². The van der Waals surface area contributed by atoms with Crippen LogP contribution in [0.2, 0.25) is 5.15 Å². The Morgan fingerprint density at radius 3 is 2.57 bits per heavy atom. The molecule has 2 N–H and O–H groups in total. The van der Waals surface area contributed by atoms with Crippen LogP contribution in [-0.2, 0) is 18.3 Å². The molecule has 0 saturated heterocycles. The lowest BCUT2D eigenvalue weighted by atomic mass is 10.2. The molecule has 1 aromatic heterocycles. The lowest BCUT2D eigenvalue weighted by Gasteiger charge is -2.18. The van der Waals surface area contributed by atoms with Gasteiger partial charge in [0, 0.05) is 37.6 Å². The van der Waals surface area contributed by atoms with Crippen molar-refractivity contribution in [3.8, 4) is 0 Å². The normalized spacial score (nSPS) is 10.7. The number of hydrogen-bond acceptors (Lipinski definition) is 4. The number of aliphatic hydroxyl groups excluding tert-OH is 1. The predicted molar refractivity (Wildman–Crippen MR) is 92.1 cm³/mol. The number of nitrogens with one attached hydrogen (secondary N) is 1. The van der Waals surface area contributed by atoms with Crippen molar-refractivity contribution < 1.29 is 9.90 Å². The number of likely N-dealkylation sites (N-methyl/N-ethyl adjacent to an activating group) is 1. The van der Waals surface area contributed by atoms with E-state index in [1.807, 2.05) is 43.1 Å². The number of halogens is 1. The van der Waals surface area contributed by atoms with E-state index in [9.17, 15) is 4.79 Å². The first-order valence-corrected chi connectivity index (χ1v) is 7.70. The molecule has 0 aliphatic rings. The Labute approximate surface area is 140 Å². The van der Waals surface area contributed by atoms with Crippen LogP contribution < -0.4 is 10.2 Å². The number of aromatic nitrogens is 2. The van der Waals surface area contributed by atoms with Crippen LogP contribution in [0.3, 0.4) is 0 Å². The molecule has 2 aromatic rings. The Kier molecular flexibility index (Phi) is 5.63. The van der Waals surface area contributed by atoms with E-state index < -0.39 is 0 Å². The minimum absolute atomic E-state index is 0.0974. The summed E-state index contributed by atoms with van der Waals surface area (Å²) < 4.78 is 1.56. The molecule has 6 nitrogen and oxygen atoms in total. The van der Waals surface area contributed by atoms with Crippen molar-refractivity contribution in [2.24, 2.45) is 7.05 Å². The Bertz CT molecular complexity index is 682. The molecule has 0 unspecified atom stereocenters. The van der Waals surface area contributed by atoms with Gasteiger partial charge in [-0.25, -0.2) is 0 Å². The van der Waals surface area contributed by atoms with Gasteiger partial charge in [-0.3, -0.25) is 9.48 Å². The molecule has 2 rings (SSSR count). The minimum Gasteiger partial charge on any atom is -0.395 e. The van der Waals surface area contributed by atoms with Gasteiger partial charge in [0.15, 0.2) is 0 Å². The number of nitrogens with zero attached hydrogens (tertiary/aromatic N) is 3. The number of anilines is 2. The van der Waals surface area contributed by atoms with E-state index in [1.165, 1.54) is 0 Å². The van der Waals surface area contributed by atoms with Crippen LogP contribution in [0.1, 0.15) is 11.3 Å². The number of carbonyl (C=O) groups excluding carboxylic acids is 1. The molecule has 0 bridgehead atoms. The van der Waals surface area contributed by atoms with Crippen molar-refractivity contribution in [1.29, 1.82) is 0 Å². The summed E-state index contributed by atoms with van der Waals surface area (Å²) >= 11 is 6.14. The number of hydrogen-bond donors (Lipinski definition) is 2. The van der Waals surface area contributed by atoms with Gasteiger partial charge >= 0.3 is 0 Å².